The highest BCUT2D eigenvalue weighted by Gasteiger charge is 2.26. The molecule has 22 heavy (non-hydrogen) atoms. The SMILES string of the molecule is N#Cc1ccc(OC2CCN(c3ccncc3C#N)C2)nc1. The Morgan fingerprint density at radius 3 is 2.82 bits per heavy atom. The second kappa shape index (κ2) is 6.11. The summed E-state index contributed by atoms with van der Waals surface area (Å²) >= 11 is 0. The van der Waals surface area contributed by atoms with Gasteiger partial charge in [0.05, 0.1) is 23.4 Å². The zero-order valence-electron chi connectivity index (χ0n) is 11.8. The van der Waals surface area contributed by atoms with Gasteiger partial charge >= 0.3 is 0 Å². The summed E-state index contributed by atoms with van der Waals surface area (Å²) in [6.07, 6.45) is 5.63. The van der Waals surface area contributed by atoms with Gasteiger partial charge in [0.25, 0.3) is 0 Å². The molecular weight excluding hydrogens is 278 g/mol. The fourth-order valence-electron chi connectivity index (χ4n) is 2.48. The second-order valence-corrected chi connectivity index (χ2v) is 4.98. The van der Waals surface area contributed by atoms with E-state index < -0.39 is 0 Å². The summed E-state index contributed by atoms with van der Waals surface area (Å²) in [5.74, 6) is 0.515. The number of hydrogen-bond donors (Lipinski definition) is 0. The molecule has 0 aromatic carbocycles. The molecular formula is C16H13N5O. The van der Waals surface area contributed by atoms with Crippen LogP contribution < -0.4 is 9.64 Å². The normalized spacial score (nSPS) is 16.8. The zero-order chi connectivity index (χ0) is 15.4. The van der Waals surface area contributed by atoms with Crippen molar-refractivity contribution in [3.8, 4) is 18.0 Å². The van der Waals surface area contributed by atoms with E-state index in [-0.39, 0.29) is 6.10 Å². The predicted octanol–water partition coefficient (Wildman–Crippen LogP) is 1.88. The van der Waals surface area contributed by atoms with Gasteiger partial charge in [-0.05, 0) is 12.1 Å². The molecule has 2 aromatic rings. The summed E-state index contributed by atoms with van der Waals surface area (Å²) in [5.41, 5.74) is 1.96. The van der Waals surface area contributed by atoms with Crippen molar-refractivity contribution in [2.75, 3.05) is 18.0 Å². The van der Waals surface area contributed by atoms with Crippen LogP contribution in [0.15, 0.2) is 36.8 Å². The summed E-state index contributed by atoms with van der Waals surface area (Å²) in [7, 11) is 0. The number of hydrogen-bond acceptors (Lipinski definition) is 6. The van der Waals surface area contributed by atoms with E-state index in [1.807, 2.05) is 12.1 Å². The molecule has 6 heteroatoms. The molecule has 2 aromatic heterocycles. The number of ether oxygens (including phenoxy) is 1. The number of nitriles is 2. The van der Waals surface area contributed by atoms with Crippen LogP contribution in [0.25, 0.3) is 0 Å². The fraction of sp³-hybridized carbons (Fsp3) is 0.250. The van der Waals surface area contributed by atoms with E-state index in [4.69, 9.17) is 15.3 Å². The van der Waals surface area contributed by atoms with E-state index in [2.05, 4.69) is 20.9 Å². The maximum absolute atomic E-state index is 9.14. The van der Waals surface area contributed by atoms with Gasteiger partial charge in [-0.3, -0.25) is 4.98 Å². The van der Waals surface area contributed by atoms with E-state index in [0.29, 0.717) is 23.6 Å². The topological polar surface area (TPSA) is 85.8 Å². The molecule has 0 spiro atoms. The smallest absolute Gasteiger partial charge is 0.213 e. The van der Waals surface area contributed by atoms with Gasteiger partial charge in [0.1, 0.15) is 18.2 Å². The Hall–Kier alpha value is -3.12. The minimum Gasteiger partial charge on any atom is -0.472 e. The van der Waals surface area contributed by atoms with Crippen molar-refractivity contribution in [3.63, 3.8) is 0 Å². The van der Waals surface area contributed by atoms with Gasteiger partial charge in [-0.1, -0.05) is 0 Å². The molecule has 0 radical (unpaired) electrons. The van der Waals surface area contributed by atoms with Crippen LogP contribution in [0.1, 0.15) is 17.5 Å². The lowest BCUT2D eigenvalue weighted by Gasteiger charge is -2.19. The highest BCUT2D eigenvalue weighted by atomic mass is 16.5. The molecule has 1 saturated heterocycles. The molecule has 0 N–H and O–H groups in total. The van der Waals surface area contributed by atoms with Crippen molar-refractivity contribution in [1.29, 1.82) is 10.5 Å². The maximum Gasteiger partial charge on any atom is 0.213 e. The molecule has 0 amide bonds. The molecule has 1 atom stereocenters. The molecule has 1 aliphatic heterocycles. The van der Waals surface area contributed by atoms with Gasteiger partial charge in [-0.2, -0.15) is 10.5 Å². The third-order valence-corrected chi connectivity index (χ3v) is 3.56. The van der Waals surface area contributed by atoms with Crippen LogP contribution in [0.4, 0.5) is 5.69 Å². The lowest BCUT2D eigenvalue weighted by atomic mass is 10.2. The van der Waals surface area contributed by atoms with Gasteiger partial charge in [0.15, 0.2) is 0 Å². The van der Waals surface area contributed by atoms with Gasteiger partial charge < -0.3 is 9.64 Å². The zero-order valence-corrected chi connectivity index (χ0v) is 11.8. The minimum absolute atomic E-state index is 0.0140. The molecule has 6 nitrogen and oxygen atoms in total. The monoisotopic (exact) mass is 291 g/mol. The number of pyridine rings is 2. The summed E-state index contributed by atoms with van der Waals surface area (Å²) < 4.78 is 5.84. The first-order valence-corrected chi connectivity index (χ1v) is 6.92. The number of rotatable bonds is 3. The van der Waals surface area contributed by atoms with Crippen molar-refractivity contribution >= 4 is 5.69 Å². The first-order valence-electron chi connectivity index (χ1n) is 6.92. The van der Waals surface area contributed by atoms with Crippen LogP contribution in [0.2, 0.25) is 0 Å². The third-order valence-electron chi connectivity index (χ3n) is 3.56. The van der Waals surface area contributed by atoms with Crippen molar-refractivity contribution in [3.05, 3.63) is 47.9 Å². The number of anilines is 1. The van der Waals surface area contributed by atoms with Crippen LogP contribution in [-0.4, -0.2) is 29.2 Å². The van der Waals surface area contributed by atoms with Gasteiger partial charge in [-0.25, -0.2) is 4.98 Å². The standard InChI is InChI=1S/C16H13N5O/c17-7-12-1-2-16(20-9-12)22-14-4-6-21(11-14)15-3-5-19-10-13(15)8-18/h1-3,5,9-10,14H,4,6,11H2. The molecule has 0 saturated carbocycles. The molecule has 108 valence electrons. The second-order valence-electron chi connectivity index (χ2n) is 4.98. The van der Waals surface area contributed by atoms with E-state index >= 15 is 0 Å². The number of aromatic nitrogens is 2. The highest BCUT2D eigenvalue weighted by Crippen LogP contribution is 2.25. The maximum atomic E-state index is 9.14. The van der Waals surface area contributed by atoms with Crippen molar-refractivity contribution in [1.82, 2.24) is 9.97 Å². The molecule has 3 rings (SSSR count). The molecule has 0 aliphatic carbocycles. The van der Waals surface area contributed by atoms with Crippen LogP contribution >= 0.6 is 0 Å². The first kappa shape index (κ1) is 13.8. The average molecular weight is 291 g/mol. The summed E-state index contributed by atoms with van der Waals surface area (Å²) in [4.78, 5) is 10.2. The van der Waals surface area contributed by atoms with Crippen LogP contribution in [-0.2, 0) is 0 Å². The van der Waals surface area contributed by atoms with Gasteiger partial charge in [0, 0.05) is 37.6 Å². The molecule has 1 aliphatic rings. The van der Waals surface area contributed by atoms with Crippen molar-refractivity contribution in [2.45, 2.75) is 12.5 Å². The first-order chi connectivity index (χ1) is 10.8. The Morgan fingerprint density at radius 1 is 1.18 bits per heavy atom. The van der Waals surface area contributed by atoms with E-state index in [1.165, 1.54) is 6.20 Å². The Kier molecular flexibility index (Phi) is 3.84. The fourth-order valence-corrected chi connectivity index (χ4v) is 2.48. The molecule has 1 unspecified atom stereocenters. The van der Waals surface area contributed by atoms with Crippen LogP contribution in [0.5, 0.6) is 5.88 Å². The lowest BCUT2D eigenvalue weighted by molar-refractivity contribution is 0.216. The Bertz CT molecular complexity index is 744. The third kappa shape index (κ3) is 2.82. The Labute approximate surface area is 128 Å². The molecule has 1 fully saturated rings. The van der Waals surface area contributed by atoms with Crippen LogP contribution in [0.3, 0.4) is 0 Å². The highest BCUT2D eigenvalue weighted by molar-refractivity contribution is 5.58. The quantitative estimate of drug-likeness (QED) is 0.858. The Morgan fingerprint density at radius 2 is 2.09 bits per heavy atom. The summed E-state index contributed by atoms with van der Waals surface area (Å²) in [6.45, 7) is 1.51. The molecule has 3 heterocycles. The van der Waals surface area contributed by atoms with E-state index in [9.17, 15) is 0 Å². The van der Waals surface area contributed by atoms with Gasteiger partial charge in [0.2, 0.25) is 5.88 Å². The van der Waals surface area contributed by atoms with E-state index in [1.54, 1.807) is 24.5 Å². The average Bonchev–Trinajstić information content (AvgIpc) is 3.04. The van der Waals surface area contributed by atoms with Crippen molar-refractivity contribution < 1.29 is 4.74 Å². The minimum atomic E-state index is 0.0140. The van der Waals surface area contributed by atoms with Crippen molar-refractivity contribution in [2.24, 2.45) is 0 Å². The van der Waals surface area contributed by atoms with E-state index in [0.717, 1.165) is 18.7 Å². The summed E-state index contributed by atoms with van der Waals surface area (Å²) in [6, 6.07) is 9.42. The summed E-state index contributed by atoms with van der Waals surface area (Å²) in [5, 5.41) is 17.9. The molecule has 0 bridgehead atoms. The predicted molar refractivity (Wildman–Crippen MR) is 79.2 cm³/mol. The lowest BCUT2D eigenvalue weighted by Crippen LogP contribution is -2.25. The van der Waals surface area contributed by atoms with Crippen LogP contribution in [0, 0.1) is 22.7 Å². The number of nitrogens with zero attached hydrogens (tertiary/aromatic N) is 5. The van der Waals surface area contributed by atoms with Gasteiger partial charge in [-0.15, -0.1) is 0 Å². The Balaban J connectivity index is 1.67. The largest absolute Gasteiger partial charge is 0.472 e.